The van der Waals surface area contributed by atoms with E-state index in [0.29, 0.717) is 6.04 Å². The number of rotatable bonds is 7. The number of nitrogens with two attached hydrogens (primary N) is 1. The summed E-state index contributed by atoms with van der Waals surface area (Å²) in [5, 5.41) is 0. The Bertz CT molecular complexity index is 321. The second-order valence-corrected chi connectivity index (χ2v) is 5.01. The molecule has 2 N–H and O–H groups in total. The molecule has 1 aliphatic carbocycles. The molecule has 0 bridgehead atoms. The number of pyridine rings is 1. The normalized spacial score (nSPS) is 17.4. The van der Waals surface area contributed by atoms with Crippen LogP contribution in [0.4, 0.5) is 0 Å². The van der Waals surface area contributed by atoms with Crippen LogP contribution >= 0.6 is 0 Å². The van der Waals surface area contributed by atoms with Gasteiger partial charge in [0.25, 0.3) is 0 Å². The molecular weight excluding hydrogens is 210 g/mol. The van der Waals surface area contributed by atoms with E-state index < -0.39 is 0 Å². The van der Waals surface area contributed by atoms with Gasteiger partial charge < -0.3 is 5.73 Å². The molecule has 3 nitrogen and oxygen atoms in total. The van der Waals surface area contributed by atoms with Crippen molar-refractivity contribution in [2.24, 2.45) is 11.7 Å². The Kier molecular flexibility index (Phi) is 4.51. The van der Waals surface area contributed by atoms with E-state index in [2.05, 4.69) is 28.9 Å². The number of hydrogen-bond acceptors (Lipinski definition) is 3. The molecular formula is C14H23N3. The van der Waals surface area contributed by atoms with E-state index in [4.69, 9.17) is 5.73 Å². The van der Waals surface area contributed by atoms with E-state index >= 15 is 0 Å². The highest BCUT2D eigenvalue weighted by Crippen LogP contribution is 2.32. The first-order valence-electron chi connectivity index (χ1n) is 6.66. The molecule has 94 valence electrons. The second-order valence-electron chi connectivity index (χ2n) is 5.01. The summed E-state index contributed by atoms with van der Waals surface area (Å²) < 4.78 is 0. The second kappa shape index (κ2) is 6.12. The molecule has 1 aromatic heterocycles. The lowest BCUT2D eigenvalue weighted by Crippen LogP contribution is -2.31. The quantitative estimate of drug-likeness (QED) is 0.783. The van der Waals surface area contributed by atoms with Crippen LogP contribution in [0.1, 0.15) is 31.7 Å². The Morgan fingerprint density at radius 1 is 1.41 bits per heavy atom. The van der Waals surface area contributed by atoms with E-state index in [1.54, 1.807) is 0 Å². The van der Waals surface area contributed by atoms with Crippen molar-refractivity contribution < 1.29 is 0 Å². The van der Waals surface area contributed by atoms with Crippen LogP contribution in [0.25, 0.3) is 0 Å². The largest absolute Gasteiger partial charge is 0.327 e. The predicted octanol–water partition coefficient (Wildman–Crippen LogP) is 2.03. The van der Waals surface area contributed by atoms with Crippen LogP contribution in [-0.4, -0.2) is 29.0 Å². The zero-order chi connectivity index (χ0) is 12.1. The minimum absolute atomic E-state index is 0.418. The van der Waals surface area contributed by atoms with Crippen LogP contribution in [-0.2, 0) is 6.54 Å². The summed E-state index contributed by atoms with van der Waals surface area (Å²) in [5.41, 5.74) is 7.47. The maximum Gasteiger partial charge on any atom is 0.0271 e. The third-order valence-electron chi connectivity index (χ3n) is 3.61. The maximum atomic E-state index is 6.14. The van der Waals surface area contributed by atoms with Crippen LogP contribution in [0.5, 0.6) is 0 Å². The predicted molar refractivity (Wildman–Crippen MR) is 70.5 cm³/mol. The fourth-order valence-electron chi connectivity index (χ4n) is 2.19. The van der Waals surface area contributed by atoms with Crippen molar-refractivity contribution in [1.29, 1.82) is 0 Å². The minimum Gasteiger partial charge on any atom is -0.327 e. The first kappa shape index (κ1) is 12.5. The molecule has 1 heterocycles. The minimum atomic E-state index is 0.418. The van der Waals surface area contributed by atoms with Crippen LogP contribution in [0.3, 0.4) is 0 Å². The summed E-state index contributed by atoms with van der Waals surface area (Å²) in [5.74, 6) is 0.814. The third kappa shape index (κ3) is 4.10. The van der Waals surface area contributed by atoms with Crippen molar-refractivity contribution in [2.45, 2.75) is 38.8 Å². The summed E-state index contributed by atoms with van der Waals surface area (Å²) in [7, 11) is 0. The molecule has 1 aliphatic rings. The summed E-state index contributed by atoms with van der Waals surface area (Å²) in [6, 6.07) is 4.59. The van der Waals surface area contributed by atoms with Gasteiger partial charge in [-0.05, 0) is 56.0 Å². The fourth-order valence-corrected chi connectivity index (χ4v) is 2.19. The molecule has 17 heavy (non-hydrogen) atoms. The Morgan fingerprint density at radius 2 is 2.12 bits per heavy atom. The van der Waals surface area contributed by atoms with Gasteiger partial charge in [-0.25, -0.2) is 0 Å². The molecule has 1 fully saturated rings. The molecule has 0 radical (unpaired) electrons. The Hall–Kier alpha value is -0.930. The summed E-state index contributed by atoms with van der Waals surface area (Å²) in [6.45, 7) is 5.41. The van der Waals surface area contributed by atoms with Crippen LogP contribution in [0, 0.1) is 5.92 Å². The number of aromatic nitrogens is 1. The van der Waals surface area contributed by atoms with Gasteiger partial charge in [-0.2, -0.15) is 0 Å². The molecule has 0 aromatic carbocycles. The first-order chi connectivity index (χ1) is 8.29. The molecule has 1 saturated carbocycles. The van der Waals surface area contributed by atoms with Gasteiger partial charge in [-0.3, -0.25) is 9.88 Å². The monoisotopic (exact) mass is 233 g/mol. The average Bonchev–Trinajstić information content (AvgIpc) is 3.19. The van der Waals surface area contributed by atoms with Crippen molar-refractivity contribution >= 4 is 0 Å². The van der Waals surface area contributed by atoms with E-state index in [1.807, 2.05) is 12.4 Å². The lowest BCUT2D eigenvalue weighted by molar-refractivity contribution is 0.264. The Morgan fingerprint density at radius 3 is 2.71 bits per heavy atom. The van der Waals surface area contributed by atoms with Gasteiger partial charge in [0.2, 0.25) is 0 Å². The third-order valence-corrected chi connectivity index (χ3v) is 3.61. The summed E-state index contributed by atoms with van der Waals surface area (Å²) in [6.07, 6.45) is 7.54. The molecule has 2 rings (SSSR count). The van der Waals surface area contributed by atoms with Gasteiger partial charge in [0, 0.05) is 25.0 Å². The van der Waals surface area contributed by atoms with E-state index in [1.165, 1.54) is 18.4 Å². The molecule has 0 amide bonds. The first-order valence-corrected chi connectivity index (χ1v) is 6.66. The van der Waals surface area contributed by atoms with Crippen molar-refractivity contribution in [1.82, 2.24) is 9.88 Å². The molecule has 1 aromatic rings. The molecule has 1 unspecified atom stereocenters. The van der Waals surface area contributed by atoms with Gasteiger partial charge in [-0.15, -0.1) is 0 Å². The van der Waals surface area contributed by atoms with Crippen molar-refractivity contribution in [3.63, 3.8) is 0 Å². The van der Waals surface area contributed by atoms with Gasteiger partial charge in [-0.1, -0.05) is 6.92 Å². The smallest absolute Gasteiger partial charge is 0.0271 e. The average molecular weight is 233 g/mol. The fraction of sp³-hybridized carbons (Fsp3) is 0.643. The van der Waals surface area contributed by atoms with Gasteiger partial charge >= 0.3 is 0 Å². The molecule has 0 aliphatic heterocycles. The number of nitrogens with zero attached hydrogens (tertiary/aromatic N) is 2. The van der Waals surface area contributed by atoms with Crippen molar-refractivity contribution in [3.05, 3.63) is 30.1 Å². The van der Waals surface area contributed by atoms with Gasteiger partial charge in [0.1, 0.15) is 0 Å². The molecule has 1 atom stereocenters. The van der Waals surface area contributed by atoms with Crippen LogP contribution in [0.15, 0.2) is 24.5 Å². The van der Waals surface area contributed by atoms with Gasteiger partial charge in [0.15, 0.2) is 0 Å². The lowest BCUT2D eigenvalue weighted by atomic mass is 10.1. The van der Waals surface area contributed by atoms with Crippen molar-refractivity contribution in [3.8, 4) is 0 Å². The highest BCUT2D eigenvalue weighted by atomic mass is 15.1. The highest BCUT2D eigenvalue weighted by molar-refractivity contribution is 5.09. The maximum absolute atomic E-state index is 6.14. The van der Waals surface area contributed by atoms with Crippen LogP contribution < -0.4 is 5.73 Å². The Balaban J connectivity index is 1.76. The standard InChI is InChI=1S/C14H23N3/c1-2-17(10-7-14(15)13-3-4-13)11-12-5-8-16-9-6-12/h5-6,8-9,13-14H,2-4,7,10-11,15H2,1H3. The highest BCUT2D eigenvalue weighted by Gasteiger charge is 2.28. The van der Waals surface area contributed by atoms with E-state index in [9.17, 15) is 0 Å². The number of hydrogen-bond donors (Lipinski definition) is 1. The molecule has 0 spiro atoms. The Labute approximate surface area is 104 Å². The van der Waals surface area contributed by atoms with E-state index in [0.717, 1.165) is 32.0 Å². The van der Waals surface area contributed by atoms with Crippen LogP contribution in [0.2, 0.25) is 0 Å². The SMILES string of the molecule is CCN(CCC(N)C1CC1)Cc1ccncc1. The van der Waals surface area contributed by atoms with E-state index in [-0.39, 0.29) is 0 Å². The molecule has 3 heteroatoms. The topological polar surface area (TPSA) is 42.1 Å². The summed E-state index contributed by atoms with van der Waals surface area (Å²) >= 11 is 0. The zero-order valence-corrected chi connectivity index (χ0v) is 10.7. The van der Waals surface area contributed by atoms with Gasteiger partial charge in [0.05, 0.1) is 0 Å². The molecule has 0 saturated heterocycles. The zero-order valence-electron chi connectivity index (χ0n) is 10.7. The lowest BCUT2D eigenvalue weighted by Gasteiger charge is -2.22. The van der Waals surface area contributed by atoms with Crippen molar-refractivity contribution in [2.75, 3.05) is 13.1 Å². The summed E-state index contributed by atoms with van der Waals surface area (Å²) in [4.78, 5) is 6.50.